The van der Waals surface area contributed by atoms with E-state index in [1.165, 1.54) is 23.1 Å². The predicted octanol–water partition coefficient (Wildman–Crippen LogP) is 4.91. The van der Waals surface area contributed by atoms with Crippen LogP contribution in [0.2, 0.25) is 5.02 Å². The molecule has 0 spiro atoms. The lowest BCUT2D eigenvalue weighted by molar-refractivity contribution is -0.139. The first-order valence-corrected chi connectivity index (χ1v) is 14.2. The van der Waals surface area contributed by atoms with Gasteiger partial charge in [0.25, 0.3) is 10.0 Å². The Bertz CT molecular complexity index is 1340. The van der Waals surface area contributed by atoms with Gasteiger partial charge in [-0.2, -0.15) is 0 Å². The first-order chi connectivity index (χ1) is 17.9. The molecule has 3 aromatic rings. The molecule has 0 saturated heterocycles. The average Bonchev–Trinajstić information content (AvgIpc) is 2.87. The van der Waals surface area contributed by atoms with Crippen molar-refractivity contribution in [2.24, 2.45) is 0 Å². The van der Waals surface area contributed by atoms with Crippen molar-refractivity contribution >= 4 is 39.1 Å². The molecule has 3 aromatic carbocycles. The van der Waals surface area contributed by atoms with Gasteiger partial charge < -0.3 is 10.2 Å². The molecule has 0 aliphatic rings. The van der Waals surface area contributed by atoms with E-state index in [0.29, 0.717) is 11.4 Å². The third-order valence-corrected chi connectivity index (χ3v) is 7.88. The number of hydrogen-bond acceptors (Lipinski definition) is 4. The highest BCUT2D eigenvalue weighted by Gasteiger charge is 2.33. The summed E-state index contributed by atoms with van der Waals surface area (Å²) in [5, 5.41) is 3.25. The number of rotatable bonds is 10. The number of halogens is 1. The summed E-state index contributed by atoms with van der Waals surface area (Å²) < 4.78 is 28.5. The van der Waals surface area contributed by atoms with Crippen LogP contribution in [0.15, 0.2) is 89.8 Å². The smallest absolute Gasteiger partial charge is 0.264 e. The quantitative estimate of drug-likeness (QED) is 0.385. The molecule has 0 saturated carbocycles. The Kier molecular flexibility index (Phi) is 9.57. The highest BCUT2D eigenvalue weighted by molar-refractivity contribution is 7.92. The van der Waals surface area contributed by atoms with Gasteiger partial charge in [0.05, 0.1) is 10.6 Å². The van der Waals surface area contributed by atoms with Crippen LogP contribution in [0.4, 0.5) is 5.69 Å². The summed E-state index contributed by atoms with van der Waals surface area (Å²) in [6, 6.07) is 23.0. The molecule has 1 N–H and O–H groups in total. The Morgan fingerprint density at radius 2 is 1.53 bits per heavy atom. The van der Waals surface area contributed by atoms with Crippen LogP contribution in [-0.2, 0) is 26.0 Å². The first-order valence-electron chi connectivity index (χ1n) is 12.4. The van der Waals surface area contributed by atoms with Crippen LogP contribution in [0, 0.1) is 0 Å². The number of carbonyl (C=O) groups excluding carboxylic acids is 2. The highest BCUT2D eigenvalue weighted by atomic mass is 35.5. The van der Waals surface area contributed by atoms with Crippen molar-refractivity contribution in [3.8, 4) is 0 Å². The molecule has 2 amide bonds. The van der Waals surface area contributed by atoms with Gasteiger partial charge in [0, 0.05) is 17.1 Å². The van der Waals surface area contributed by atoms with Crippen molar-refractivity contribution in [3.05, 3.63) is 95.5 Å². The maximum Gasteiger partial charge on any atom is 0.264 e. The zero-order valence-corrected chi connectivity index (χ0v) is 23.7. The predicted molar refractivity (Wildman–Crippen MR) is 152 cm³/mol. The Morgan fingerprint density at radius 1 is 0.921 bits per heavy atom. The zero-order chi connectivity index (χ0) is 27.9. The van der Waals surface area contributed by atoms with Crippen LogP contribution >= 0.6 is 11.6 Å². The van der Waals surface area contributed by atoms with Gasteiger partial charge >= 0.3 is 0 Å². The van der Waals surface area contributed by atoms with Crippen LogP contribution in [0.5, 0.6) is 0 Å². The average molecular weight is 556 g/mol. The molecule has 9 heteroatoms. The summed E-state index contributed by atoms with van der Waals surface area (Å²) in [6.45, 7) is 6.97. The summed E-state index contributed by atoms with van der Waals surface area (Å²) in [5.41, 5.74) is 0.755. The van der Waals surface area contributed by atoms with Gasteiger partial charge in [-0.05, 0) is 70.0 Å². The number of sulfonamides is 1. The van der Waals surface area contributed by atoms with Crippen molar-refractivity contribution in [2.45, 2.75) is 50.6 Å². The number of nitrogens with zero attached hydrogens (tertiary/aromatic N) is 2. The van der Waals surface area contributed by atoms with Gasteiger partial charge in [-0.15, -0.1) is 0 Å². The summed E-state index contributed by atoms with van der Waals surface area (Å²) in [4.78, 5) is 28.4. The summed E-state index contributed by atoms with van der Waals surface area (Å²) in [5.74, 6) is -0.823. The van der Waals surface area contributed by atoms with Crippen LogP contribution in [0.3, 0.4) is 0 Å². The number of hydrogen-bond donors (Lipinski definition) is 1. The molecule has 38 heavy (non-hydrogen) atoms. The van der Waals surface area contributed by atoms with E-state index in [-0.39, 0.29) is 23.0 Å². The molecular weight excluding hydrogens is 522 g/mol. The third kappa shape index (κ3) is 7.82. The molecule has 0 fully saturated rings. The first kappa shape index (κ1) is 29.2. The monoisotopic (exact) mass is 555 g/mol. The largest absolute Gasteiger partial charge is 0.350 e. The molecule has 0 heterocycles. The molecule has 0 aromatic heterocycles. The summed E-state index contributed by atoms with van der Waals surface area (Å²) >= 11 is 6.19. The molecule has 0 bridgehead atoms. The third-order valence-electron chi connectivity index (χ3n) is 5.86. The maximum atomic E-state index is 13.8. The van der Waals surface area contributed by atoms with Gasteiger partial charge in [-0.3, -0.25) is 13.9 Å². The molecular formula is C29H34ClN3O4S. The van der Waals surface area contributed by atoms with Gasteiger partial charge in [0.15, 0.2) is 0 Å². The van der Waals surface area contributed by atoms with E-state index < -0.39 is 34.1 Å². The molecule has 7 nitrogen and oxygen atoms in total. The van der Waals surface area contributed by atoms with E-state index in [4.69, 9.17) is 11.6 Å². The van der Waals surface area contributed by atoms with Crippen LogP contribution in [0.1, 0.15) is 33.3 Å². The van der Waals surface area contributed by atoms with Crippen molar-refractivity contribution in [1.29, 1.82) is 0 Å². The molecule has 0 aliphatic heterocycles. The molecule has 0 radical (unpaired) electrons. The minimum absolute atomic E-state index is 0.0436. The lowest BCUT2D eigenvalue weighted by Crippen LogP contribution is -2.55. The van der Waals surface area contributed by atoms with Crippen molar-refractivity contribution in [3.63, 3.8) is 0 Å². The Balaban J connectivity index is 1.97. The van der Waals surface area contributed by atoms with E-state index in [9.17, 15) is 18.0 Å². The minimum Gasteiger partial charge on any atom is -0.350 e. The van der Waals surface area contributed by atoms with Crippen LogP contribution in [0.25, 0.3) is 0 Å². The Hall–Kier alpha value is -3.36. The van der Waals surface area contributed by atoms with Gasteiger partial charge in [-0.1, -0.05) is 66.2 Å². The van der Waals surface area contributed by atoms with Gasteiger partial charge in [0.1, 0.15) is 12.6 Å². The summed E-state index contributed by atoms with van der Waals surface area (Å²) in [7, 11) is -4.11. The van der Waals surface area contributed by atoms with Crippen LogP contribution < -0.4 is 9.62 Å². The fourth-order valence-electron chi connectivity index (χ4n) is 3.92. The number of anilines is 1. The lowest BCUT2D eigenvalue weighted by Gasteiger charge is -2.33. The van der Waals surface area contributed by atoms with Crippen LogP contribution in [-0.4, -0.2) is 49.8 Å². The highest BCUT2D eigenvalue weighted by Crippen LogP contribution is 2.26. The van der Waals surface area contributed by atoms with Gasteiger partial charge in [0.2, 0.25) is 11.8 Å². The van der Waals surface area contributed by atoms with Gasteiger partial charge in [-0.25, -0.2) is 8.42 Å². The molecule has 0 aliphatic carbocycles. The second kappa shape index (κ2) is 12.5. The molecule has 0 unspecified atom stereocenters. The standard InChI is InChI=1S/C29H34ClN3O4S/c1-22(28(35)31-29(2,3)4)32(19-18-23-12-7-5-8-13-23)27(34)21-33(25-15-11-14-24(30)20-25)38(36,37)26-16-9-6-10-17-26/h5-17,20,22H,18-19,21H2,1-4H3,(H,31,35)/t22-/m0/s1. The lowest BCUT2D eigenvalue weighted by atomic mass is 10.1. The van der Waals surface area contributed by atoms with Crippen molar-refractivity contribution in [1.82, 2.24) is 10.2 Å². The number of amides is 2. The number of nitrogens with one attached hydrogen (secondary N) is 1. The van der Waals surface area contributed by atoms with E-state index in [0.717, 1.165) is 9.87 Å². The minimum atomic E-state index is -4.11. The van der Waals surface area contributed by atoms with E-state index in [1.807, 2.05) is 51.1 Å². The fourth-order valence-corrected chi connectivity index (χ4v) is 5.54. The summed E-state index contributed by atoms with van der Waals surface area (Å²) in [6.07, 6.45) is 0.502. The molecule has 202 valence electrons. The maximum absolute atomic E-state index is 13.8. The van der Waals surface area contributed by atoms with Crippen molar-refractivity contribution < 1.29 is 18.0 Å². The second-order valence-electron chi connectivity index (χ2n) is 10.0. The van der Waals surface area contributed by atoms with Crippen molar-refractivity contribution in [2.75, 3.05) is 17.4 Å². The topological polar surface area (TPSA) is 86.8 Å². The second-order valence-corrected chi connectivity index (χ2v) is 12.3. The fraction of sp³-hybridized carbons (Fsp3) is 0.310. The van der Waals surface area contributed by atoms with E-state index in [2.05, 4.69) is 5.32 Å². The number of benzene rings is 3. The normalized spacial score (nSPS) is 12.4. The Morgan fingerprint density at radius 3 is 2.11 bits per heavy atom. The van der Waals surface area contributed by atoms with E-state index >= 15 is 0 Å². The van der Waals surface area contributed by atoms with E-state index in [1.54, 1.807) is 43.3 Å². The molecule has 3 rings (SSSR count). The number of carbonyl (C=O) groups is 2. The molecule has 1 atom stereocenters. The SMILES string of the molecule is C[C@@H](C(=O)NC(C)(C)C)N(CCc1ccccc1)C(=O)CN(c1cccc(Cl)c1)S(=O)(=O)c1ccccc1. The Labute approximate surface area is 230 Å². The zero-order valence-electron chi connectivity index (χ0n) is 22.1.